The van der Waals surface area contributed by atoms with Gasteiger partial charge < -0.3 is 16.0 Å². The van der Waals surface area contributed by atoms with Gasteiger partial charge in [-0.3, -0.25) is 14.4 Å². The Kier molecular flexibility index (Phi) is 7.86. The summed E-state index contributed by atoms with van der Waals surface area (Å²) in [5.74, 6) is -3.11. The van der Waals surface area contributed by atoms with E-state index in [0.717, 1.165) is 17.7 Å². The molecule has 170 valence electrons. The highest BCUT2D eigenvalue weighted by molar-refractivity contribution is 6.10. The average Bonchev–Trinajstić information content (AvgIpc) is 2.77. The lowest BCUT2D eigenvalue weighted by Crippen LogP contribution is -2.26. The Balaban J connectivity index is 1.51. The van der Waals surface area contributed by atoms with E-state index < -0.39 is 17.5 Å². The predicted octanol–water partition coefficient (Wildman–Crippen LogP) is 4.67. The third-order valence-electron chi connectivity index (χ3n) is 4.76. The largest absolute Gasteiger partial charge is 0.352 e. The second kappa shape index (κ2) is 11.0. The van der Waals surface area contributed by atoms with Crippen LogP contribution in [0.2, 0.25) is 0 Å². The molecule has 3 amide bonds. The maximum absolute atomic E-state index is 13.6. The zero-order valence-electron chi connectivity index (χ0n) is 18.0. The molecule has 0 aliphatic rings. The van der Waals surface area contributed by atoms with Gasteiger partial charge in [0.15, 0.2) is 0 Å². The van der Waals surface area contributed by atoms with E-state index in [1.165, 1.54) is 0 Å². The molecule has 8 heteroatoms. The number of nitrogens with one attached hydrogen (secondary N) is 3. The fourth-order valence-electron chi connectivity index (χ4n) is 3.14. The molecule has 0 spiro atoms. The Morgan fingerprint density at radius 3 is 2.36 bits per heavy atom. The van der Waals surface area contributed by atoms with Crippen molar-refractivity contribution in [2.45, 2.75) is 19.8 Å². The number of para-hydroxylation sites is 1. The smallest absolute Gasteiger partial charge is 0.257 e. The Morgan fingerprint density at radius 2 is 1.61 bits per heavy atom. The minimum Gasteiger partial charge on any atom is -0.352 e. The molecule has 6 nitrogen and oxygen atoms in total. The van der Waals surface area contributed by atoms with Crippen LogP contribution < -0.4 is 16.0 Å². The van der Waals surface area contributed by atoms with Crippen LogP contribution in [0.1, 0.15) is 39.1 Å². The normalized spacial score (nSPS) is 10.4. The van der Waals surface area contributed by atoms with Crippen molar-refractivity contribution in [1.29, 1.82) is 0 Å². The summed E-state index contributed by atoms with van der Waals surface area (Å²) >= 11 is 0. The Bertz CT molecular complexity index is 1180. The van der Waals surface area contributed by atoms with Gasteiger partial charge in [0.1, 0.15) is 11.6 Å². The number of carbonyl (C=O) groups is 3. The fourth-order valence-corrected chi connectivity index (χ4v) is 3.14. The number of rotatable bonds is 8. The summed E-state index contributed by atoms with van der Waals surface area (Å²) in [4.78, 5) is 37.0. The molecule has 0 bridgehead atoms. The number of anilines is 2. The van der Waals surface area contributed by atoms with Crippen LogP contribution in [0.15, 0.2) is 66.7 Å². The van der Waals surface area contributed by atoms with Crippen molar-refractivity contribution in [1.82, 2.24) is 5.32 Å². The third-order valence-corrected chi connectivity index (χ3v) is 4.76. The van der Waals surface area contributed by atoms with Crippen molar-refractivity contribution in [2.24, 2.45) is 0 Å². The van der Waals surface area contributed by atoms with Gasteiger partial charge in [-0.05, 0) is 55.3 Å². The molecule has 0 unspecified atom stereocenters. The van der Waals surface area contributed by atoms with Crippen LogP contribution in [0.25, 0.3) is 0 Å². The minimum absolute atomic E-state index is 0.0695. The van der Waals surface area contributed by atoms with Gasteiger partial charge in [-0.15, -0.1) is 0 Å². The first-order chi connectivity index (χ1) is 15.8. The highest BCUT2D eigenvalue weighted by Gasteiger charge is 2.15. The minimum atomic E-state index is -0.953. The van der Waals surface area contributed by atoms with Gasteiger partial charge in [0.05, 0.1) is 16.8 Å². The molecule has 0 fully saturated rings. The zero-order valence-corrected chi connectivity index (χ0v) is 18.0. The number of hydrogen-bond donors (Lipinski definition) is 3. The first-order valence-corrected chi connectivity index (χ1v) is 10.3. The molecule has 0 heterocycles. The van der Waals surface area contributed by atoms with Gasteiger partial charge in [0.2, 0.25) is 5.91 Å². The zero-order chi connectivity index (χ0) is 23.8. The molecule has 33 heavy (non-hydrogen) atoms. The van der Waals surface area contributed by atoms with Gasteiger partial charge in [-0.2, -0.15) is 0 Å². The first-order valence-electron chi connectivity index (χ1n) is 10.3. The number of halogens is 2. The van der Waals surface area contributed by atoms with Crippen LogP contribution in [-0.4, -0.2) is 24.3 Å². The average molecular weight is 451 g/mol. The van der Waals surface area contributed by atoms with Crippen molar-refractivity contribution in [2.75, 3.05) is 17.2 Å². The number of benzene rings is 3. The summed E-state index contributed by atoms with van der Waals surface area (Å²) in [5.41, 5.74) is 2.06. The molecule has 3 aromatic carbocycles. The van der Waals surface area contributed by atoms with Crippen molar-refractivity contribution < 1.29 is 23.2 Å². The van der Waals surface area contributed by atoms with Crippen molar-refractivity contribution in [3.63, 3.8) is 0 Å². The van der Waals surface area contributed by atoms with Gasteiger partial charge in [0, 0.05) is 24.7 Å². The lowest BCUT2D eigenvalue weighted by molar-refractivity contribution is -0.116. The molecule has 0 radical (unpaired) electrons. The summed E-state index contributed by atoms with van der Waals surface area (Å²) in [5, 5.41) is 8.01. The summed E-state index contributed by atoms with van der Waals surface area (Å²) in [7, 11) is 0. The van der Waals surface area contributed by atoms with Gasteiger partial charge in [-0.1, -0.05) is 24.3 Å². The lowest BCUT2D eigenvalue weighted by atomic mass is 10.1. The number of carbonyl (C=O) groups excluding carboxylic acids is 3. The quantitative estimate of drug-likeness (QED) is 0.435. The topological polar surface area (TPSA) is 87.3 Å². The van der Waals surface area contributed by atoms with Gasteiger partial charge >= 0.3 is 0 Å². The monoisotopic (exact) mass is 451 g/mol. The molecule has 0 aliphatic heterocycles. The maximum Gasteiger partial charge on any atom is 0.257 e. The Hall–Kier alpha value is -4.07. The second-order valence-corrected chi connectivity index (χ2v) is 7.40. The molecular formula is C25H23F2N3O3. The summed E-state index contributed by atoms with van der Waals surface area (Å²) in [6.45, 7) is 2.04. The first kappa shape index (κ1) is 23.6. The third kappa shape index (κ3) is 6.70. The van der Waals surface area contributed by atoms with Gasteiger partial charge in [-0.25, -0.2) is 8.78 Å². The molecule has 0 saturated heterocycles. The molecule has 0 aliphatic carbocycles. The molecular weight excluding hydrogens is 428 g/mol. The summed E-state index contributed by atoms with van der Waals surface area (Å²) in [6.07, 6.45) is 0.359. The molecule has 3 aromatic rings. The highest BCUT2D eigenvalue weighted by Crippen LogP contribution is 2.18. The fraction of sp³-hybridized carbons (Fsp3) is 0.160. The van der Waals surface area contributed by atoms with E-state index in [4.69, 9.17) is 0 Å². The number of hydrogen-bond acceptors (Lipinski definition) is 3. The van der Waals surface area contributed by atoms with E-state index in [1.807, 2.05) is 25.1 Å². The van der Waals surface area contributed by atoms with Crippen LogP contribution >= 0.6 is 0 Å². The van der Waals surface area contributed by atoms with E-state index >= 15 is 0 Å². The van der Waals surface area contributed by atoms with E-state index in [1.54, 1.807) is 30.3 Å². The van der Waals surface area contributed by atoms with Crippen LogP contribution in [0.3, 0.4) is 0 Å². The Labute approximate surface area is 190 Å². The molecule has 3 N–H and O–H groups in total. The summed E-state index contributed by atoms with van der Waals surface area (Å²) in [6, 6.07) is 16.7. The maximum atomic E-state index is 13.6. The predicted molar refractivity (Wildman–Crippen MR) is 122 cm³/mol. The van der Waals surface area contributed by atoms with Crippen LogP contribution in [-0.2, 0) is 4.79 Å². The van der Waals surface area contributed by atoms with E-state index in [2.05, 4.69) is 16.0 Å². The van der Waals surface area contributed by atoms with Crippen LogP contribution in [0, 0.1) is 18.6 Å². The van der Waals surface area contributed by atoms with Gasteiger partial charge in [0.25, 0.3) is 11.8 Å². The van der Waals surface area contributed by atoms with Crippen molar-refractivity contribution in [3.8, 4) is 0 Å². The highest BCUT2D eigenvalue weighted by atomic mass is 19.1. The summed E-state index contributed by atoms with van der Waals surface area (Å²) < 4.78 is 26.6. The van der Waals surface area contributed by atoms with E-state index in [9.17, 15) is 23.2 Å². The molecule has 3 rings (SSSR count). The standard InChI is InChI=1S/C25H23F2N3O3/c1-16-6-4-7-18(14-16)29-25(33)20-8-2-3-9-22(20)30-23(31)10-5-13-28-24(32)19-12-11-17(26)15-21(19)27/h2-4,6-9,11-12,14-15H,5,10,13H2,1H3,(H,28,32)(H,29,33)(H,30,31). The SMILES string of the molecule is Cc1cccc(NC(=O)c2ccccc2NC(=O)CCCNC(=O)c2ccc(F)cc2F)c1. The number of aryl methyl sites for hydroxylation is 1. The van der Waals surface area contributed by atoms with Crippen molar-refractivity contribution >= 4 is 29.1 Å². The van der Waals surface area contributed by atoms with E-state index in [0.29, 0.717) is 23.0 Å². The lowest BCUT2D eigenvalue weighted by Gasteiger charge is -2.12. The van der Waals surface area contributed by atoms with Crippen LogP contribution in [0.4, 0.5) is 20.2 Å². The molecule has 0 atom stereocenters. The Morgan fingerprint density at radius 1 is 0.818 bits per heavy atom. The second-order valence-electron chi connectivity index (χ2n) is 7.40. The van der Waals surface area contributed by atoms with E-state index in [-0.39, 0.29) is 36.8 Å². The number of amides is 3. The van der Waals surface area contributed by atoms with Crippen LogP contribution in [0.5, 0.6) is 0 Å². The molecule has 0 saturated carbocycles. The molecule has 0 aromatic heterocycles. The van der Waals surface area contributed by atoms with Crippen molar-refractivity contribution in [3.05, 3.63) is 95.1 Å².